The van der Waals surface area contributed by atoms with Crippen LogP contribution in [-0.4, -0.2) is 53.9 Å². The van der Waals surface area contributed by atoms with Crippen molar-refractivity contribution >= 4 is 5.91 Å². The van der Waals surface area contributed by atoms with Crippen LogP contribution in [0.15, 0.2) is 0 Å². The quantitative estimate of drug-likeness (QED) is 0.457. The molecule has 0 aromatic carbocycles. The fraction of sp³-hybridized carbons (Fsp3) is 0.875. The maximum Gasteiger partial charge on any atom is 0.255 e. The van der Waals surface area contributed by atoms with Crippen LogP contribution in [-0.2, 0) is 14.3 Å². The number of hydrogen-bond acceptors (Lipinski definition) is 5. The largest absolute Gasteiger partial charge is 0.387 e. The molecule has 2 saturated heterocycles. The van der Waals surface area contributed by atoms with E-state index in [-0.39, 0.29) is 5.91 Å². The standard InChI is InChI=1S/C8H13NO5/c1-13-6-4(10)5(11)8(14-6)2-3-9-7(8)12/h4-6,10-11H,2-3H2,1H3,(H,9,12). The van der Waals surface area contributed by atoms with Crippen molar-refractivity contribution in [2.24, 2.45) is 0 Å². The average molecular weight is 203 g/mol. The lowest BCUT2D eigenvalue weighted by Gasteiger charge is -2.22. The first-order valence-electron chi connectivity index (χ1n) is 4.47. The number of hydrogen-bond donors (Lipinski definition) is 3. The second-order valence-corrected chi connectivity index (χ2v) is 3.55. The summed E-state index contributed by atoms with van der Waals surface area (Å²) in [4.78, 5) is 11.5. The summed E-state index contributed by atoms with van der Waals surface area (Å²) < 4.78 is 10.1. The van der Waals surface area contributed by atoms with Gasteiger partial charge in [0, 0.05) is 20.1 Å². The van der Waals surface area contributed by atoms with Gasteiger partial charge in [0.15, 0.2) is 11.9 Å². The third-order valence-electron chi connectivity index (χ3n) is 2.81. The lowest BCUT2D eigenvalue weighted by Crippen LogP contribution is -2.48. The Kier molecular flexibility index (Phi) is 2.23. The minimum Gasteiger partial charge on any atom is -0.387 e. The molecule has 0 aliphatic carbocycles. The molecule has 2 heterocycles. The molecule has 0 bridgehead atoms. The van der Waals surface area contributed by atoms with Crippen molar-refractivity contribution in [1.82, 2.24) is 5.32 Å². The zero-order chi connectivity index (χ0) is 10.3. The molecule has 2 fully saturated rings. The summed E-state index contributed by atoms with van der Waals surface area (Å²) in [6.07, 6.45) is -2.99. The molecule has 2 aliphatic heterocycles. The number of aliphatic hydroxyl groups is 2. The molecule has 2 rings (SSSR count). The number of methoxy groups -OCH3 is 1. The van der Waals surface area contributed by atoms with E-state index in [9.17, 15) is 15.0 Å². The second kappa shape index (κ2) is 3.16. The second-order valence-electron chi connectivity index (χ2n) is 3.55. The van der Waals surface area contributed by atoms with Crippen molar-refractivity contribution in [1.29, 1.82) is 0 Å². The molecular weight excluding hydrogens is 190 g/mol. The van der Waals surface area contributed by atoms with Gasteiger partial charge in [0.25, 0.3) is 5.91 Å². The molecule has 4 atom stereocenters. The summed E-state index contributed by atoms with van der Waals surface area (Å²) in [5.41, 5.74) is -1.32. The SMILES string of the molecule is COC1OC2(CCNC2=O)C(O)C1O. The van der Waals surface area contributed by atoms with Crippen molar-refractivity contribution in [2.45, 2.75) is 30.5 Å². The van der Waals surface area contributed by atoms with Gasteiger partial charge in [-0.15, -0.1) is 0 Å². The average Bonchev–Trinajstić information content (AvgIpc) is 2.65. The zero-order valence-corrected chi connectivity index (χ0v) is 7.77. The van der Waals surface area contributed by atoms with Crippen LogP contribution >= 0.6 is 0 Å². The van der Waals surface area contributed by atoms with Gasteiger partial charge < -0.3 is 25.0 Å². The zero-order valence-electron chi connectivity index (χ0n) is 7.77. The number of nitrogens with one attached hydrogen (secondary N) is 1. The molecule has 0 aromatic heterocycles. The van der Waals surface area contributed by atoms with Gasteiger partial charge >= 0.3 is 0 Å². The molecular formula is C8H13NO5. The minimum atomic E-state index is -1.32. The highest BCUT2D eigenvalue weighted by molar-refractivity contribution is 5.88. The number of ether oxygens (including phenoxy) is 2. The lowest BCUT2D eigenvalue weighted by atomic mass is 9.94. The third-order valence-corrected chi connectivity index (χ3v) is 2.81. The van der Waals surface area contributed by atoms with E-state index in [1.54, 1.807) is 0 Å². The summed E-state index contributed by atoms with van der Waals surface area (Å²) in [5, 5.41) is 21.8. The normalized spacial score (nSPS) is 47.4. The van der Waals surface area contributed by atoms with Crippen molar-refractivity contribution in [3.8, 4) is 0 Å². The molecule has 2 aliphatic rings. The van der Waals surface area contributed by atoms with E-state index in [1.165, 1.54) is 7.11 Å². The number of amides is 1. The van der Waals surface area contributed by atoms with Crippen molar-refractivity contribution in [3.63, 3.8) is 0 Å². The first-order valence-corrected chi connectivity index (χ1v) is 4.47. The Bertz CT molecular complexity index is 258. The summed E-state index contributed by atoms with van der Waals surface area (Å²) in [7, 11) is 1.35. The van der Waals surface area contributed by atoms with E-state index in [0.29, 0.717) is 13.0 Å². The smallest absolute Gasteiger partial charge is 0.255 e. The fourth-order valence-electron chi connectivity index (χ4n) is 1.98. The van der Waals surface area contributed by atoms with Gasteiger partial charge in [0.2, 0.25) is 0 Å². The van der Waals surface area contributed by atoms with Crippen molar-refractivity contribution in [3.05, 3.63) is 0 Å². The Balaban J connectivity index is 2.25. The van der Waals surface area contributed by atoms with Crippen LogP contribution in [0.3, 0.4) is 0 Å². The van der Waals surface area contributed by atoms with Gasteiger partial charge in [-0.3, -0.25) is 4.79 Å². The van der Waals surface area contributed by atoms with E-state index in [0.717, 1.165) is 0 Å². The number of carbonyl (C=O) groups excluding carboxylic acids is 1. The Morgan fingerprint density at radius 2 is 2.36 bits per heavy atom. The molecule has 1 amide bonds. The highest BCUT2D eigenvalue weighted by atomic mass is 16.7. The number of aliphatic hydroxyl groups excluding tert-OH is 2. The van der Waals surface area contributed by atoms with Crippen molar-refractivity contribution in [2.75, 3.05) is 13.7 Å². The van der Waals surface area contributed by atoms with Crippen LogP contribution in [0.1, 0.15) is 6.42 Å². The van der Waals surface area contributed by atoms with Gasteiger partial charge in [0.05, 0.1) is 0 Å². The molecule has 80 valence electrons. The van der Waals surface area contributed by atoms with E-state index in [1.807, 2.05) is 0 Å². The molecule has 0 saturated carbocycles. The van der Waals surface area contributed by atoms with Gasteiger partial charge in [0.1, 0.15) is 12.2 Å². The lowest BCUT2D eigenvalue weighted by molar-refractivity contribution is -0.181. The molecule has 0 radical (unpaired) electrons. The predicted molar refractivity (Wildman–Crippen MR) is 44.3 cm³/mol. The highest BCUT2D eigenvalue weighted by Gasteiger charge is 2.60. The Labute approximate surface area is 80.8 Å². The van der Waals surface area contributed by atoms with Gasteiger partial charge in [-0.25, -0.2) is 0 Å². The highest BCUT2D eigenvalue weighted by Crippen LogP contribution is 2.36. The van der Waals surface area contributed by atoms with E-state index < -0.39 is 24.1 Å². The molecule has 6 nitrogen and oxygen atoms in total. The Hall–Kier alpha value is -0.690. The summed E-state index contributed by atoms with van der Waals surface area (Å²) in [6, 6.07) is 0. The van der Waals surface area contributed by atoms with Gasteiger partial charge in [-0.05, 0) is 0 Å². The molecule has 3 N–H and O–H groups in total. The summed E-state index contributed by atoms with van der Waals surface area (Å²) in [5.74, 6) is -0.386. The first kappa shape index (κ1) is 9.85. The maximum atomic E-state index is 11.5. The maximum absolute atomic E-state index is 11.5. The monoisotopic (exact) mass is 203 g/mol. The summed E-state index contributed by atoms with van der Waals surface area (Å²) in [6.45, 7) is 0.443. The van der Waals surface area contributed by atoms with Crippen molar-refractivity contribution < 1.29 is 24.5 Å². The van der Waals surface area contributed by atoms with Gasteiger partial charge in [-0.1, -0.05) is 0 Å². The molecule has 14 heavy (non-hydrogen) atoms. The van der Waals surface area contributed by atoms with Crippen LogP contribution in [0.25, 0.3) is 0 Å². The minimum absolute atomic E-state index is 0.351. The fourth-order valence-corrected chi connectivity index (χ4v) is 1.98. The Morgan fingerprint density at radius 1 is 1.64 bits per heavy atom. The van der Waals surface area contributed by atoms with E-state index in [2.05, 4.69) is 5.32 Å². The van der Waals surface area contributed by atoms with Crippen LogP contribution in [0.5, 0.6) is 0 Å². The topological polar surface area (TPSA) is 88.0 Å². The third kappa shape index (κ3) is 1.08. The molecule has 6 heteroatoms. The summed E-state index contributed by atoms with van der Waals surface area (Å²) >= 11 is 0. The Morgan fingerprint density at radius 3 is 2.79 bits per heavy atom. The van der Waals surface area contributed by atoms with Crippen LogP contribution in [0.2, 0.25) is 0 Å². The molecule has 1 spiro atoms. The molecule has 0 aromatic rings. The van der Waals surface area contributed by atoms with Crippen LogP contribution in [0.4, 0.5) is 0 Å². The van der Waals surface area contributed by atoms with Gasteiger partial charge in [-0.2, -0.15) is 0 Å². The first-order chi connectivity index (χ1) is 6.62. The number of carbonyl (C=O) groups is 1. The predicted octanol–water partition coefficient (Wildman–Crippen LogP) is -2.03. The van der Waals surface area contributed by atoms with Crippen LogP contribution in [0, 0.1) is 0 Å². The number of rotatable bonds is 1. The van der Waals surface area contributed by atoms with E-state index >= 15 is 0 Å². The van der Waals surface area contributed by atoms with Crippen LogP contribution < -0.4 is 5.32 Å². The molecule has 4 unspecified atom stereocenters. The van der Waals surface area contributed by atoms with E-state index in [4.69, 9.17) is 9.47 Å².